The van der Waals surface area contributed by atoms with Crippen LogP contribution in [0, 0.1) is 0 Å². The number of carbonyl (C=O) groups excluding carboxylic acids is 3. The number of fused-ring (bicyclic) bond motifs is 1. The molecule has 1 atom stereocenters. The van der Waals surface area contributed by atoms with Crippen molar-refractivity contribution < 1.29 is 23.9 Å². The molecule has 5 heteroatoms. The first-order chi connectivity index (χ1) is 10.1. The zero-order valence-corrected chi connectivity index (χ0v) is 11.8. The molecule has 1 aromatic rings. The van der Waals surface area contributed by atoms with Gasteiger partial charge in [0.25, 0.3) is 0 Å². The molecule has 110 valence electrons. The maximum absolute atomic E-state index is 12.3. The molecule has 0 aliphatic heterocycles. The average Bonchev–Trinajstić information content (AvgIpc) is 2.71. The van der Waals surface area contributed by atoms with Crippen LogP contribution < -0.4 is 4.74 Å². The first-order valence-corrected chi connectivity index (χ1v) is 6.74. The smallest absolute Gasteiger partial charge is 0.306 e. The molecular formula is C16H16O5. The summed E-state index contributed by atoms with van der Waals surface area (Å²) in [7, 11) is 0. The summed E-state index contributed by atoms with van der Waals surface area (Å²) < 4.78 is 10.4. The number of ether oxygens (including phenoxy) is 2. The van der Waals surface area contributed by atoms with E-state index in [2.05, 4.69) is 6.58 Å². The minimum absolute atomic E-state index is 0.174. The molecule has 0 saturated carbocycles. The van der Waals surface area contributed by atoms with Crippen molar-refractivity contribution in [3.8, 4) is 5.75 Å². The first-order valence-electron chi connectivity index (χ1n) is 6.74. The number of esters is 1. The van der Waals surface area contributed by atoms with E-state index in [9.17, 15) is 14.4 Å². The molecule has 0 aromatic heterocycles. The molecule has 1 unspecified atom stereocenters. The van der Waals surface area contributed by atoms with E-state index in [4.69, 9.17) is 9.47 Å². The van der Waals surface area contributed by atoms with Crippen LogP contribution in [0.4, 0.5) is 0 Å². The number of Topliss-reactive ketones (excluding diaryl/α,β-unsaturated/α-hetero) is 2. The third kappa shape index (κ3) is 2.86. The van der Waals surface area contributed by atoms with Crippen molar-refractivity contribution in [2.75, 3.05) is 6.61 Å². The van der Waals surface area contributed by atoms with Gasteiger partial charge in [-0.15, -0.1) is 0 Å². The number of hydrogen-bond acceptors (Lipinski definition) is 5. The van der Waals surface area contributed by atoms with Crippen LogP contribution in [-0.4, -0.2) is 30.2 Å². The molecule has 0 N–H and O–H groups in total. The van der Waals surface area contributed by atoms with Crippen LogP contribution in [0.2, 0.25) is 0 Å². The fourth-order valence-electron chi connectivity index (χ4n) is 2.15. The lowest BCUT2D eigenvalue weighted by Crippen LogP contribution is -2.28. The van der Waals surface area contributed by atoms with Crippen LogP contribution in [0.15, 0.2) is 30.9 Å². The molecule has 21 heavy (non-hydrogen) atoms. The fourth-order valence-corrected chi connectivity index (χ4v) is 2.15. The van der Waals surface area contributed by atoms with Crippen LogP contribution >= 0.6 is 0 Å². The van der Waals surface area contributed by atoms with E-state index in [1.807, 2.05) is 6.92 Å². The second-order valence-corrected chi connectivity index (χ2v) is 4.63. The molecule has 2 rings (SSSR count). The molecule has 0 bridgehead atoms. The monoisotopic (exact) mass is 288 g/mol. The van der Waals surface area contributed by atoms with Gasteiger partial charge in [0.2, 0.25) is 17.7 Å². The maximum Gasteiger partial charge on any atom is 0.306 e. The van der Waals surface area contributed by atoms with Crippen molar-refractivity contribution in [3.63, 3.8) is 0 Å². The third-order valence-electron chi connectivity index (χ3n) is 3.07. The Bertz CT molecular complexity index is 603. The van der Waals surface area contributed by atoms with Crippen LogP contribution in [0.5, 0.6) is 5.75 Å². The molecule has 0 amide bonds. The van der Waals surface area contributed by atoms with Crippen LogP contribution in [0.3, 0.4) is 0 Å². The molecule has 0 radical (unpaired) electrons. The summed E-state index contributed by atoms with van der Waals surface area (Å²) in [4.78, 5) is 36.1. The second-order valence-electron chi connectivity index (χ2n) is 4.63. The molecule has 0 spiro atoms. The van der Waals surface area contributed by atoms with Crippen LogP contribution in [-0.2, 0) is 9.53 Å². The van der Waals surface area contributed by atoms with Gasteiger partial charge in [0, 0.05) is 12.0 Å². The van der Waals surface area contributed by atoms with Gasteiger partial charge in [-0.1, -0.05) is 31.7 Å². The minimum Gasteiger partial charge on any atom is -0.489 e. The summed E-state index contributed by atoms with van der Waals surface area (Å²) in [5.41, 5.74) is 0.412. The summed E-state index contributed by atoms with van der Waals surface area (Å²) in [6.07, 6.45) is 0.925. The summed E-state index contributed by atoms with van der Waals surface area (Å²) in [5, 5.41) is 0. The van der Waals surface area contributed by atoms with Crippen LogP contribution in [0.25, 0.3) is 0 Å². The van der Waals surface area contributed by atoms with E-state index in [1.165, 1.54) is 6.07 Å². The zero-order chi connectivity index (χ0) is 15.4. The molecular weight excluding hydrogens is 272 g/mol. The Balaban J connectivity index is 2.29. The van der Waals surface area contributed by atoms with E-state index in [0.717, 1.165) is 0 Å². The van der Waals surface area contributed by atoms with E-state index < -0.39 is 23.6 Å². The Morgan fingerprint density at radius 1 is 1.33 bits per heavy atom. The van der Waals surface area contributed by atoms with E-state index in [0.29, 0.717) is 12.2 Å². The maximum atomic E-state index is 12.3. The molecule has 1 aliphatic rings. The van der Waals surface area contributed by atoms with Crippen molar-refractivity contribution in [3.05, 3.63) is 42.0 Å². The largest absolute Gasteiger partial charge is 0.489 e. The molecule has 0 saturated heterocycles. The van der Waals surface area contributed by atoms with Gasteiger partial charge in [0.15, 0.2) is 0 Å². The van der Waals surface area contributed by atoms with Gasteiger partial charge in [-0.05, 0) is 12.5 Å². The van der Waals surface area contributed by atoms with E-state index >= 15 is 0 Å². The molecule has 1 aromatic carbocycles. The Morgan fingerprint density at radius 3 is 2.76 bits per heavy atom. The highest BCUT2D eigenvalue weighted by molar-refractivity contribution is 6.30. The number of benzene rings is 1. The topological polar surface area (TPSA) is 69.7 Å². The normalized spacial score (nSPS) is 16.5. The lowest BCUT2D eigenvalue weighted by Gasteiger charge is -2.09. The Hall–Kier alpha value is -2.43. The lowest BCUT2D eigenvalue weighted by molar-refractivity contribution is -0.145. The minimum atomic E-state index is -1.38. The summed E-state index contributed by atoms with van der Waals surface area (Å²) in [6, 6.07) is 4.76. The summed E-state index contributed by atoms with van der Waals surface area (Å²) in [6.45, 7) is 5.57. The van der Waals surface area contributed by atoms with Crippen LogP contribution in [0.1, 0.15) is 40.5 Å². The van der Waals surface area contributed by atoms with Crippen molar-refractivity contribution in [1.29, 1.82) is 0 Å². The quantitative estimate of drug-likeness (QED) is 0.456. The van der Waals surface area contributed by atoms with Crippen molar-refractivity contribution in [1.82, 2.24) is 0 Å². The van der Waals surface area contributed by atoms with E-state index in [1.54, 1.807) is 18.2 Å². The zero-order valence-electron chi connectivity index (χ0n) is 11.8. The number of hydrogen-bond donors (Lipinski definition) is 0. The van der Waals surface area contributed by atoms with Gasteiger partial charge in [-0.25, -0.2) is 0 Å². The number of rotatable bonds is 6. The third-order valence-corrected chi connectivity index (χ3v) is 3.07. The SMILES string of the molecule is C=CCOc1cccc2c1C(=O)C(OC(=O)CCC)C2=O. The number of carbonyl (C=O) groups is 3. The van der Waals surface area contributed by atoms with Crippen molar-refractivity contribution >= 4 is 17.5 Å². The standard InChI is InChI=1S/C16H16O5/c1-3-6-12(17)21-16-14(18)10-7-5-8-11(20-9-4-2)13(10)15(16)19/h4-5,7-8,16H,2-3,6,9H2,1H3. The van der Waals surface area contributed by atoms with Gasteiger partial charge >= 0.3 is 5.97 Å². The Labute approximate surface area is 122 Å². The van der Waals surface area contributed by atoms with E-state index in [-0.39, 0.29) is 24.2 Å². The van der Waals surface area contributed by atoms with Crippen molar-refractivity contribution in [2.45, 2.75) is 25.9 Å². The predicted molar refractivity (Wildman–Crippen MR) is 75.6 cm³/mol. The second kappa shape index (κ2) is 6.35. The van der Waals surface area contributed by atoms with Gasteiger partial charge in [-0.2, -0.15) is 0 Å². The average molecular weight is 288 g/mol. The lowest BCUT2D eigenvalue weighted by atomic mass is 10.1. The van der Waals surface area contributed by atoms with Crippen molar-refractivity contribution in [2.24, 2.45) is 0 Å². The highest BCUT2D eigenvalue weighted by Gasteiger charge is 2.43. The molecule has 0 fully saturated rings. The predicted octanol–water partition coefficient (Wildman–Crippen LogP) is 2.34. The van der Waals surface area contributed by atoms with Gasteiger partial charge < -0.3 is 9.47 Å². The molecule has 5 nitrogen and oxygen atoms in total. The Morgan fingerprint density at radius 2 is 2.10 bits per heavy atom. The Kier molecular flexibility index (Phi) is 4.52. The highest BCUT2D eigenvalue weighted by atomic mass is 16.6. The molecule has 1 aliphatic carbocycles. The summed E-state index contributed by atoms with van der Waals surface area (Å²) >= 11 is 0. The highest BCUT2D eigenvalue weighted by Crippen LogP contribution is 2.32. The van der Waals surface area contributed by atoms with Gasteiger partial charge in [0.05, 0.1) is 5.56 Å². The van der Waals surface area contributed by atoms with Gasteiger partial charge in [0.1, 0.15) is 12.4 Å². The molecule has 0 heterocycles. The summed E-state index contributed by atoms with van der Waals surface area (Å²) in [5.74, 6) is -1.27. The number of ketones is 2. The van der Waals surface area contributed by atoms with Gasteiger partial charge in [-0.3, -0.25) is 14.4 Å². The first kappa shape index (κ1) is 15.0. The fraction of sp³-hybridized carbons (Fsp3) is 0.312.